The summed E-state index contributed by atoms with van der Waals surface area (Å²) in [6, 6.07) is 66.2. The fourth-order valence-electron chi connectivity index (χ4n) is 8.22. The van der Waals surface area contributed by atoms with Gasteiger partial charge in [-0.2, -0.15) is 5.26 Å². The van der Waals surface area contributed by atoms with Gasteiger partial charge in [0.15, 0.2) is 17.5 Å². The van der Waals surface area contributed by atoms with Crippen LogP contribution in [-0.2, 0) is 0 Å². The third-order valence-corrected chi connectivity index (χ3v) is 10.9. The second-order valence-electron chi connectivity index (χ2n) is 14.3. The maximum atomic E-state index is 9.50. The molecule has 0 fully saturated rings. The normalized spacial score (nSPS) is 11.4. The van der Waals surface area contributed by atoms with Crippen LogP contribution >= 0.6 is 0 Å². The number of furan rings is 1. The number of nitriles is 1. The summed E-state index contributed by atoms with van der Waals surface area (Å²) in [5.74, 6) is 1.67. The summed E-state index contributed by atoms with van der Waals surface area (Å²) < 4.78 is 8.84. The van der Waals surface area contributed by atoms with Gasteiger partial charge in [0.2, 0.25) is 0 Å². The Morgan fingerprint density at radius 3 is 1.88 bits per heavy atom. The van der Waals surface area contributed by atoms with Gasteiger partial charge in [-0.1, -0.05) is 133 Å². The highest BCUT2D eigenvalue weighted by Gasteiger charge is 2.21. The fraction of sp³-hybridized carbons (Fsp3) is 0. The Morgan fingerprint density at radius 2 is 1.05 bits per heavy atom. The first-order chi connectivity index (χ1) is 28.7. The Bertz CT molecular complexity index is 3400. The van der Waals surface area contributed by atoms with Gasteiger partial charge in [-0.15, -0.1) is 0 Å². The SMILES string of the molecule is N#Cc1cccc(-c2ccc(-c3nc(-c4ccc5c(c4)oc4cccc(-c6ccccc6)c45)nc(-c4cccc5c4c4ccccc4n5-c4ccccc4)n3)cc2)c1. The highest BCUT2D eigenvalue weighted by atomic mass is 16.3. The zero-order chi connectivity index (χ0) is 38.6. The lowest BCUT2D eigenvalue weighted by molar-refractivity contribution is 0.669. The minimum absolute atomic E-state index is 0.542. The Morgan fingerprint density at radius 1 is 0.414 bits per heavy atom. The first kappa shape index (κ1) is 33.2. The van der Waals surface area contributed by atoms with Crippen molar-refractivity contribution in [2.24, 2.45) is 0 Å². The van der Waals surface area contributed by atoms with Gasteiger partial charge in [0, 0.05) is 43.9 Å². The van der Waals surface area contributed by atoms with E-state index in [2.05, 4.69) is 120 Å². The Balaban J connectivity index is 1.12. The quantitative estimate of drug-likeness (QED) is 0.169. The van der Waals surface area contributed by atoms with Crippen LogP contribution < -0.4 is 0 Å². The van der Waals surface area contributed by atoms with E-state index in [4.69, 9.17) is 19.4 Å². The van der Waals surface area contributed by atoms with Crippen LogP contribution in [0.2, 0.25) is 0 Å². The van der Waals surface area contributed by atoms with Crippen LogP contribution in [0.5, 0.6) is 0 Å². The third-order valence-electron chi connectivity index (χ3n) is 10.9. The van der Waals surface area contributed by atoms with Gasteiger partial charge in [-0.05, 0) is 76.9 Å². The molecule has 3 heterocycles. The van der Waals surface area contributed by atoms with Gasteiger partial charge in [0.1, 0.15) is 11.2 Å². The second-order valence-corrected chi connectivity index (χ2v) is 14.3. The molecular formula is C52H31N5O. The van der Waals surface area contributed by atoms with Crippen molar-refractivity contribution in [1.82, 2.24) is 19.5 Å². The largest absolute Gasteiger partial charge is 0.456 e. The first-order valence-electron chi connectivity index (χ1n) is 19.2. The monoisotopic (exact) mass is 741 g/mol. The van der Waals surface area contributed by atoms with Gasteiger partial charge in [0.05, 0.1) is 22.7 Å². The molecule has 0 saturated heterocycles. The van der Waals surface area contributed by atoms with E-state index in [9.17, 15) is 5.26 Å². The van der Waals surface area contributed by atoms with E-state index in [0.717, 1.165) is 88.4 Å². The molecule has 0 amide bonds. The molecule has 6 nitrogen and oxygen atoms in total. The maximum absolute atomic E-state index is 9.50. The van der Waals surface area contributed by atoms with Crippen LogP contribution in [0.4, 0.5) is 0 Å². The van der Waals surface area contributed by atoms with Crippen molar-refractivity contribution in [1.29, 1.82) is 5.26 Å². The van der Waals surface area contributed by atoms with Crippen molar-refractivity contribution in [2.75, 3.05) is 0 Å². The fourth-order valence-corrected chi connectivity index (χ4v) is 8.22. The standard InChI is InChI=1S/C52H31N5O/c53-32-33-12-9-15-37(30-33)34-24-26-36(27-25-34)50-54-51(38-28-29-42-47(31-38)58-46-23-11-19-40(49(42)46)35-13-3-1-4-14-35)56-52(55-50)43-20-10-22-45-48(43)41-18-7-8-21-44(41)57(45)39-16-5-2-6-17-39/h1-31H. The molecular weight excluding hydrogens is 711 g/mol. The van der Waals surface area contributed by atoms with Crippen molar-refractivity contribution >= 4 is 43.7 Å². The van der Waals surface area contributed by atoms with Crippen molar-refractivity contribution in [2.45, 2.75) is 0 Å². The molecule has 0 aliphatic carbocycles. The minimum Gasteiger partial charge on any atom is -0.456 e. The smallest absolute Gasteiger partial charge is 0.164 e. The number of fused-ring (bicyclic) bond motifs is 6. The number of aromatic nitrogens is 4. The number of para-hydroxylation sites is 2. The van der Waals surface area contributed by atoms with Crippen LogP contribution in [0.3, 0.4) is 0 Å². The number of rotatable bonds is 6. The van der Waals surface area contributed by atoms with E-state index in [1.807, 2.05) is 78.9 Å². The zero-order valence-corrected chi connectivity index (χ0v) is 31.0. The molecule has 0 aliphatic heterocycles. The number of hydrogen-bond donors (Lipinski definition) is 0. The Hall–Kier alpha value is -8.14. The lowest BCUT2D eigenvalue weighted by Crippen LogP contribution is -2.00. The first-order valence-corrected chi connectivity index (χ1v) is 19.2. The number of hydrogen-bond acceptors (Lipinski definition) is 5. The average molecular weight is 742 g/mol. The van der Waals surface area contributed by atoms with Crippen LogP contribution in [0.25, 0.3) is 106 Å². The third kappa shape index (κ3) is 5.53. The molecule has 11 aromatic rings. The number of benzene rings is 8. The summed E-state index contributed by atoms with van der Waals surface area (Å²) in [4.78, 5) is 15.6. The summed E-state index contributed by atoms with van der Waals surface area (Å²) in [5, 5.41) is 13.8. The molecule has 3 aromatic heterocycles. The average Bonchev–Trinajstić information content (AvgIpc) is 3.85. The zero-order valence-electron chi connectivity index (χ0n) is 31.0. The van der Waals surface area contributed by atoms with E-state index < -0.39 is 0 Å². The number of nitrogens with zero attached hydrogens (tertiary/aromatic N) is 5. The topological polar surface area (TPSA) is 80.5 Å². The minimum atomic E-state index is 0.542. The molecule has 0 spiro atoms. The second kappa shape index (κ2) is 13.6. The summed E-state index contributed by atoms with van der Waals surface area (Å²) in [6.45, 7) is 0. The highest BCUT2D eigenvalue weighted by molar-refractivity contribution is 6.15. The Kier molecular flexibility index (Phi) is 7.76. The summed E-state index contributed by atoms with van der Waals surface area (Å²) in [6.07, 6.45) is 0. The van der Waals surface area contributed by atoms with Crippen molar-refractivity contribution in [3.63, 3.8) is 0 Å². The van der Waals surface area contributed by atoms with Gasteiger partial charge in [-0.3, -0.25) is 0 Å². The summed E-state index contributed by atoms with van der Waals surface area (Å²) in [5.41, 5.74) is 12.3. The van der Waals surface area contributed by atoms with E-state index in [0.29, 0.717) is 23.0 Å². The van der Waals surface area contributed by atoms with Crippen molar-refractivity contribution in [3.8, 4) is 68.2 Å². The van der Waals surface area contributed by atoms with E-state index >= 15 is 0 Å². The van der Waals surface area contributed by atoms with Gasteiger partial charge in [0.25, 0.3) is 0 Å². The maximum Gasteiger partial charge on any atom is 0.164 e. The van der Waals surface area contributed by atoms with Gasteiger partial charge in [-0.25, -0.2) is 15.0 Å². The van der Waals surface area contributed by atoms with Crippen molar-refractivity contribution < 1.29 is 4.42 Å². The van der Waals surface area contributed by atoms with Crippen LogP contribution in [0.1, 0.15) is 5.56 Å². The van der Waals surface area contributed by atoms with Gasteiger partial charge < -0.3 is 8.98 Å². The molecule has 8 aromatic carbocycles. The predicted octanol–water partition coefficient (Wildman–Crippen LogP) is 13.1. The lowest BCUT2D eigenvalue weighted by atomic mass is 9.99. The van der Waals surface area contributed by atoms with E-state index in [-0.39, 0.29) is 0 Å². The molecule has 58 heavy (non-hydrogen) atoms. The molecule has 0 radical (unpaired) electrons. The Labute approximate surface area is 333 Å². The predicted molar refractivity (Wildman–Crippen MR) is 233 cm³/mol. The molecule has 0 unspecified atom stereocenters. The van der Waals surface area contributed by atoms with E-state index in [1.165, 1.54) is 0 Å². The molecule has 0 saturated carbocycles. The molecule has 270 valence electrons. The van der Waals surface area contributed by atoms with Crippen molar-refractivity contribution in [3.05, 3.63) is 194 Å². The lowest BCUT2D eigenvalue weighted by Gasteiger charge is -2.11. The summed E-state index contributed by atoms with van der Waals surface area (Å²) in [7, 11) is 0. The van der Waals surface area contributed by atoms with Crippen LogP contribution in [0.15, 0.2) is 192 Å². The molecule has 6 heteroatoms. The van der Waals surface area contributed by atoms with Gasteiger partial charge >= 0.3 is 0 Å². The molecule has 0 atom stereocenters. The summed E-state index contributed by atoms with van der Waals surface area (Å²) >= 11 is 0. The van der Waals surface area contributed by atoms with Crippen LogP contribution in [-0.4, -0.2) is 19.5 Å². The molecule has 0 N–H and O–H groups in total. The highest BCUT2D eigenvalue weighted by Crippen LogP contribution is 2.40. The molecule has 0 bridgehead atoms. The van der Waals surface area contributed by atoms with E-state index in [1.54, 1.807) is 0 Å². The molecule has 0 aliphatic rings. The molecule has 11 rings (SSSR count). The van der Waals surface area contributed by atoms with Crippen LogP contribution in [0, 0.1) is 11.3 Å².